The van der Waals surface area contributed by atoms with E-state index in [2.05, 4.69) is 25.2 Å². The number of amides is 1. The van der Waals surface area contributed by atoms with Crippen molar-refractivity contribution in [1.29, 1.82) is 0 Å². The number of pyridine rings is 1. The van der Waals surface area contributed by atoms with E-state index in [0.29, 0.717) is 5.28 Å². The van der Waals surface area contributed by atoms with Crippen LogP contribution in [0.5, 0.6) is 0 Å². The van der Waals surface area contributed by atoms with Gasteiger partial charge in [0.25, 0.3) is 0 Å². The summed E-state index contributed by atoms with van der Waals surface area (Å²) in [6.45, 7) is 3.85. The quantitative estimate of drug-likeness (QED) is 0.587. The summed E-state index contributed by atoms with van der Waals surface area (Å²) < 4.78 is 0. The molecule has 0 radical (unpaired) electrons. The van der Waals surface area contributed by atoms with Crippen LogP contribution in [0.3, 0.4) is 0 Å². The first-order chi connectivity index (χ1) is 13.2. The second kappa shape index (κ2) is 8.15. The number of hydrogen-bond donors (Lipinski definition) is 1. The van der Waals surface area contributed by atoms with Crippen molar-refractivity contribution in [2.24, 2.45) is 17.8 Å². The average Bonchev–Trinajstić information content (AvgIpc) is 3.13. The zero-order valence-corrected chi connectivity index (χ0v) is 15.7. The summed E-state index contributed by atoms with van der Waals surface area (Å²) in [6, 6.07) is 3.77. The number of aromatic nitrogens is 3. The summed E-state index contributed by atoms with van der Waals surface area (Å²) in [7, 11) is 0. The van der Waals surface area contributed by atoms with Crippen molar-refractivity contribution in [3.8, 4) is 0 Å². The van der Waals surface area contributed by atoms with E-state index in [1.807, 2.05) is 12.1 Å². The Balaban J connectivity index is 1.14. The van der Waals surface area contributed by atoms with E-state index in [1.54, 1.807) is 36.9 Å². The molecule has 2 aliphatic rings. The molecule has 2 fully saturated rings. The SMILES string of the molecule is O=C(/C=C/c1cccnc1)NCC[C@@H]1[C@H]2CN(Cc3cnc(Cl)nc3)C[C@@H]12. The fourth-order valence-electron chi connectivity index (χ4n) is 4.04. The maximum Gasteiger partial charge on any atom is 0.244 e. The van der Waals surface area contributed by atoms with E-state index in [1.165, 1.54) is 0 Å². The molecule has 0 bridgehead atoms. The molecule has 3 atom stereocenters. The maximum atomic E-state index is 11.9. The zero-order chi connectivity index (χ0) is 18.6. The second-order valence-electron chi connectivity index (χ2n) is 7.25. The van der Waals surface area contributed by atoms with Crippen LogP contribution in [0.1, 0.15) is 17.5 Å². The highest BCUT2D eigenvalue weighted by atomic mass is 35.5. The van der Waals surface area contributed by atoms with Gasteiger partial charge in [-0.3, -0.25) is 14.7 Å². The Bertz CT molecular complexity index is 799. The lowest BCUT2D eigenvalue weighted by Crippen LogP contribution is -2.26. The molecule has 1 N–H and O–H groups in total. The fourth-order valence-corrected chi connectivity index (χ4v) is 4.14. The normalized spacial score (nSPS) is 24.1. The van der Waals surface area contributed by atoms with Gasteiger partial charge in [-0.2, -0.15) is 0 Å². The van der Waals surface area contributed by atoms with Gasteiger partial charge in [-0.25, -0.2) is 9.97 Å². The molecule has 1 saturated carbocycles. The lowest BCUT2D eigenvalue weighted by molar-refractivity contribution is -0.116. The molecule has 140 valence electrons. The van der Waals surface area contributed by atoms with Crippen LogP contribution in [0.2, 0.25) is 5.28 Å². The van der Waals surface area contributed by atoms with Crippen LogP contribution < -0.4 is 5.32 Å². The van der Waals surface area contributed by atoms with E-state index < -0.39 is 0 Å². The summed E-state index contributed by atoms with van der Waals surface area (Å²) in [5, 5.41) is 3.27. The number of nitrogens with zero attached hydrogens (tertiary/aromatic N) is 4. The molecule has 27 heavy (non-hydrogen) atoms. The molecular weight excluding hydrogens is 362 g/mol. The van der Waals surface area contributed by atoms with Crippen molar-refractivity contribution < 1.29 is 4.79 Å². The molecule has 1 aliphatic carbocycles. The van der Waals surface area contributed by atoms with Gasteiger partial charge in [0.15, 0.2) is 0 Å². The number of fused-ring (bicyclic) bond motifs is 1. The molecule has 1 saturated heterocycles. The highest BCUT2D eigenvalue weighted by molar-refractivity contribution is 6.28. The third-order valence-corrected chi connectivity index (χ3v) is 5.61. The number of nitrogens with one attached hydrogen (secondary N) is 1. The van der Waals surface area contributed by atoms with Crippen LogP contribution in [0.4, 0.5) is 0 Å². The van der Waals surface area contributed by atoms with Gasteiger partial charge in [0.1, 0.15) is 0 Å². The minimum absolute atomic E-state index is 0.0472. The molecule has 3 heterocycles. The summed E-state index contributed by atoms with van der Waals surface area (Å²) in [4.78, 5) is 26.4. The Labute approximate surface area is 163 Å². The second-order valence-corrected chi connectivity index (χ2v) is 7.58. The largest absolute Gasteiger partial charge is 0.353 e. The molecule has 2 aromatic rings. The Kier molecular flexibility index (Phi) is 5.45. The highest BCUT2D eigenvalue weighted by Gasteiger charge is 2.54. The van der Waals surface area contributed by atoms with Gasteiger partial charge in [0.05, 0.1) is 0 Å². The minimum Gasteiger partial charge on any atom is -0.353 e. The number of carbonyl (C=O) groups is 1. The van der Waals surface area contributed by atoms with Crippen LogP contribution in [0.15, 0.2) is 43.0 Å². The van der Waals surface area contributed by atoms with Gasteiger partial charge in [0, 0.05) is 62.6 Å². The van der Waals surface area contributed by atoms with Crippen molar-refractivity contribution in [2.45, 2.75) is 13.0 Å². The van der Waals surface area contributed by atoms with Crippen molar-refractivity contribution in [2.75, 3.05) is 19.6 Å². The number of likely N-dealkylation sites (tertiary alicyclic amines) is 1. The molecule has 0 spiro atoms. The minimum atomic E-state index is -0.0472. The van der Waals surface area contributed by atoms with Crippen molar-refractivity contribution in [3.63, 3.8) is 0 Å². The first-order valence-corrected chi connectivity index (χ1v) is 9.61. The van der Waals surface area contributed by atoms with Crippen LogP contribution >= 0.6 is 11.6 Å². The highest BCUT2D eigenvalue weighted by Crippen LogP contribution is 2.53. The number of hydrogen-bond acceptors (Lipinski definition) is 5. The number of piperidine rings is 1. The molecule has 0 unspecified atom stereocenters. The molecular formula is C20H22ClN5O. The molecule has 0 aromatic carbocycles. The molecule has 1 amide bonds. The summed E-state index contributed by atoms with van der Waals surface area (Å²) in [5.41, 5.74) is 2.03. The Morgan fingerprint density at radius 3 is 2.74 bits per heavy atom. The third kappa shape index (κ3) is 4.70. The van der Waals surface area contributed by atoms with Crippen molar-refractivity contribution in [3.05, 3.63) is 59.4 Å². The topological polar surface area (TPSA) is 71.0 Å². The standard InChI is InChI=1S/C20H22ClN5O/c21-20-24-9-15(10-25-20)11-26-12-17-16(18(17)13-26)5-7-23-19(27)4-3-14-2-1-6-22-8-14/h1-4,6,8-10,16-18H,5,7,11-13H2,(H,23,27)/b4-3+/t16-,17-,18+. The van der Waals surface area contributed by atoms with Crippen molar-refractivity contribution in [1.82, 2.24) is 25.2 Å². The third-order valence-electron chi connectivity index (χ3n) is 5.42. The van der Waals surface area contributed by atoms with Gasteiger partial charge in [-0.05, 0) is 53.5 Å². The fraction of sp³-hybridized carbons (Fsp3) is 0.400. The van der Waals surface area contributed by atoms with Gasteiger partial charge < -0.3 is 5.32 Å². The van der Waals surface area contributed by atoms with E-state index in [0.717, 1.165) is 61.5 Å². The lowest BCUT2D eigenvalue weighted by atomic mass is 10.2. The van der Waals surface area contributed by atoms with Crippen LogP contribution in [0, 0.1) is 17.8 Å². The predicted octanol–water partition coefficient (Wildman–Crippen LogP) is 2.42. The van der Waals surface area contributed by atoms with Crippen LogP contribution in [-0.2, 0) is 11.3 Å². The Morgan fingerprint density at radius 1 is 1.26 bits per heavy atom. The predicted molar refractivity (Wildman–Crippen MR) is 104 cm³/mol. The average molecular weight is 384 g/mol. The van der Waals surface area contributed by atoms with Gasteiger partial charge in [-0.1, -0.05) is 6.07 Å². The van der Waals surface area contributed by atoms with E-state index in [-0.39, 0.29) is 5.91 Å². The molecule has 6 nitrogen and oxygen atoms in total. The summed E-state index contributed by atoms with van der Waals surface area (Å²) >= 11 is 5.73. The monoisotopic (exact) mass is 383 g/mol. The first kappa shape index (κ1) is 18.1. The summed E-state index contributed by atoms with van der Waals surface area (Å²) in [5.74, 6) is 2.22. The van der Waals surface area contributed by atoms with Crippen molar-refractivity contribution >= 4 is 23.6 Å². The molecule has 2 aromatic heterocycles. The van der Waals surface area contributed by atoms with Gasteiger partial charge in [0.2, 0.25) is 11.2 Å². The maximum absolute atomic E-state index is 11.9. The molecule has 1 aliphatic heterocycles. The first-order valence-electron chi connectivity index (χ1n) is 9.24. The lowest BCUT2D eigenvalue weighted by Gasteiger charge is -2.19. The van der Waals surface area contributed by atoms with E-state index in [9.17, 15) is 4.79 Å². The van der Waals surface area contributed by atoms with Gasteiger partial charge in [-0.15, -0.1) is 0 Å². The van der Waals surface area contributed by atoms with Crippen LogP contribution in [-0.4, -0.2) is 45.4 Å². The number of halogens is 1. The van der Waals surface area contributed by atoms with E-state index in [4.69, 9.17) is 11.6 Å². The summed E-state index contributed by atoms with van der Waals surface area (Å²) in [6.07, 6.45) is 11.5. The molecule has 7 heteroatoms. The smallest absolute Gasteiger partial charge is 0.244 e. The molecule has 4 rings (SSSR count). The number of rotatable bonds is 7. The number of carbonyl (C=O) groups excluding carboxylic acids is 1. The Hall–Kier alpha value is -2.31. The van der Waals surface area contributed by atoms with Gasteiger partial charge >= 0.3 is 0 Å². The van der Waals surface area contributed by atoms with Crippen LogP contribution in [0.25, 0.3) is 6.08 Å². The van der Waals surface area contributed by atoms with E-state index >= 15 is 0 Å². The zero-order valence-electron chi connectivity index (χ0n) is 15.0. The Morgan fingerprint density at radius 2 is 2.04 bits per heavy atom.